The summed E-state index contributed by atoms with van der Waals surface area (Å²) < 4.78 is 34.2. The van der Waals surface area contributed by atoms with Crippen LogP contribution >= 0.6 is 0 Å². The van der Waals surface area contributed by atoms with Crippen LogP contribution in [0.15, 0.2) is 11.5 Å². The first kappa shape index (κ1) is 13.2. The first-order chi connectivity index (χ1) is 5.83. The number of hydrogen-bond donors (Lipinski definition) is 0. The molecule has 2 nitrogen and oxygen atoms in total. The molecule has 14 heavy (non-hydrogen) atoms. The quantitative estimate of drug-likeness (QED) is 0.688. The second kappa shape index (κ2) is 4.15. The molecule has 1 heterocycles. The fourth-order valence-electron chi connectivity index (χ4n) is 1.18. The Labute approximate surface area is 83.9 Å². The van der Waals surface area contributed by atoms with E-state index in [4.69, 9.17) is 0 Å². The average molecular weight is 208 g/mol. The maximum absolute atomic E-state index is 12.7. The highest BCUT2D eigenvalue weighted by atomic mass is 19.3. The summed E-state index contributed by atoms with van der Waals surface area (Å²) in [4.78, 5) is 0. The lowest BCUT2D eigenvalue weighted by Gasteiger charge is -2.09. The van der Waals surface area contributed by atoms with Gasteiger partial charge in [-0.05, 0) is 0 Å². The maximum atomic E-state index is 12.7. The smallest absolute Gasteiger partial charge is 0.400 e. The summed E-state index contributed by atoms with van der Waals surface area (Å²) in [5.41, 5.74) is 0. The van der Waals surface area contributed by atoms with Crippen molar-refractivity contribution < 1.29 is 18.3 Å². The largest absolute Gasteiger partial charge is 0.585 e. The molecule has 0 amide bonds. The fraction of sp³-hybridized carbons (Fsp3) is 0.800. The molecule has 0 spiro atoms. The van der Waals surface area contributed by atoms with Gasteiger partial charge in [0.05, 0.1) is 0 Å². The molecule has 1 rings (SSSR count). The topological polar surface area (TPSA) is 18.5 Å². The van der Waals surface area contributed by atoms with E-state index in [0.717, 1.165) is 0 Å². The molecule has 0 unspecified atom stereocenters. The maximum Gasteiger partial charge on any atom is 0.585 e. The highest BCUT2D eigenvalue weighted by molar-refractivity contribution is 5.10. The number of halogens is 2. The summed E-state index contributed by atoms with van der Waals surface area (Å²) in [6.45, 7) is 7.18. The third-order valence-corrected chi connectivity index (χ3v) is 1.75. The van der Waals surface area contributed by atoms with Crippen molar-refractivity contribution in [2.45, 2.75) is 41.4 Å². The van der Waals surface area contributed by atoms with E-state index in [1.807, 2.05) is 0 Å². The molecular formula is C10H18F2O2. The zero-order valence-corrected chi connectivity index (χ0v) is 8.23. The highest BCUT2D eigenvalue weighted by Gasteiger charge is 2.46. The van der Waals surface area contributed by atoms with Crippen molar-refractivity contribution in [3.8, 4) is 0 Å². The minimum absolute atomic E-state index is 0. The SMILES string of the molecule is C.CC(C)C1=C(C(C)C)OC(F)(F)O1. The van der Waals surface area contributed by atoms with E-state index in [1.54, 1.807) is 27.7 Å². The number of rotatable bonds is 2. The van der Waals surface area contributed by atoms with Crippen molar-refractivity contribution in [1.82, 2.24) is 0 Å². The number of allylic oxidation sites excluding steroid dienone is 2. The summed E-state index contributed by atoms with van der Waals surface area (Å²) in [6.07, 6.45) is -3.47. The molecule has 0 aromatic carbocycles. The Balaban J connectivity index is 0.00000169. The molecule has 0 aromatic heterocycles. The monoisotopic (exact) mass is 208 g/mol. The fourth-order valence-corrected chi connectivity index (χ4v) is 1.18. The molecule has 1 aliphatic heterocycles. The van der Waals surface area contributed by atoms with Crippen molar-refractivity contribution >= 4 is 0 Å². The molecule has 0 aliphatic carbocycles. The van der Waals surface area contributed by atoms with E-state index in [9.17, 15) is 8.78 Å². The lowest BCUT2D eigenvalue weighted by atomic mass is 10.1. The zero-order chi connectivity index (χ0) is 10.2. The van der Waals surface area contributed by atoms with Crippen LogP contribution in [0.3, 0.4) is 0 Å². The highest BCUT2D eigenvalue weighted by Crippen LogP contribution is 2.39. The number of ether oxygens (including phenoxy) is 2. The Morgan fingerprint density at radius 2 is 1.21 bits per heavy atom. The molecule has 1 aliphatic rings. The predicted octanol–water partition coefficient (Wildman–Crippen LogP) is 3.74. The Bertz CT molecular complexity index is 210. The molecule has 84 valence electrons. The summed E-state index contributed by atoms with van der Waals surface area (Å²) in [7, 11) is 0. The van der Waals surface area contributed by atoms with Gasteiger partial charge in [-0.25, -0.2) is 0 Å². The van der Waals surface area contributed by atoms with Crippen LogP contribution in [0.2, 0.25) is 0 Å². The first-order valence-corrected chi connectivity index (χ1v) is 4.33. The van der Waals surface area contributed by atoms with Gasteiger partial charge in [0.1, 0.15) is 11.5 Å². The van der Waals surface area contributed by atoms with E-state index in [0.29, 0.717) is 0 Å². The van der Waals surface area contributed by atoms with E-state index in [2.05, 4.69) is 9.47 Å². The van der Waals surface area contributed by atoms with Crippen LogP contribution in [0.25, 0.3) is 0 Å². The molecule has 0 saturated carbocycles. The minimum Gasteiger partial charge on any atom is -0.400 e. The lowest BCUT2D eigenvalue weighted by Crippen LogP contribution is -2.17. The Morgan fingerprint density at radius 1 is 0.929 bits per heavy atom. The summed E-state index contributed by atoms with van der Waals surface area (Å²) in [6, 6.07) is 0. The first-order valence-electron chi connectivity index (χ1n) is 4.33. The van der Waals surface area contributed by atoms with Crippen LogP contribution in [0, 0.1) is 11.8 Å². The second-order valence-corrected chi connectivity index (χ2v) is 3.71. The van der Waals surface area contributed by atoms with Crippen molar-refractivity contribution in [2.75, 3.05) is 0 Å². The number of hydrogen-bond acceptors (Lipinski definition) is 2. The van der Waals surface area contributed by atoms with Gasteiger partial charge in [0.15, 0.2) is 0 Å². The van der Waals surface area contributed by atoms with E-state index >= 15 is 0 Å². The third-order valence-electron chi connectivity index (χ3n) is 1.75. The third kappa shape index (κ3) is 2.59. The average Bonchev–Trinajstić information content (AvgIpc) is 2.26. The van der Waals surface area contributed by atoms with Crippen LogP contribution in [-0.4, -0.2) is 6.29 Å². The van der Waals surface area contributed by atoms with Crippen molar-refractivity contribution in [3.05, 3.63) is 11.5 Å². The molecule has 0 N–H and O–H groups in total. The lowest BCUT2D eigenvalue weighted by molar-refractivity contribution is -0.340. The van der Waals surface area contributed by atoms with Crippen molar-refractivity contribution in [1.29, 1.82) is 0 Å². The van der Waals surface area contributed by atoms with Crippen molar-refractivity contribution in [2.24, 2.45) is 11.8 Å². The Hall–Kier alpha value is -0.800. The van der Waals surface area contributed by atoms with Crippen LogP contribution in [0.5, 0.6) is 0 Å². The van der Waals surface area contributed by atoms with E-state index in [-0.39, 0.29) is 30.8 Å². The molecular weight excluding hydrogens is 190 g/mol. The second-order valence-electron chi connectivity index (χ2n) is 3.71. The Kier molecular flexibility index (Phi) is 3.91. The van der Waals surface area contributed by atoms with Gasteiger partial charge >= 0.3 is 6.29 Å². The van der Waals surface area contributed by atoms with Gasteiger partial charge in [-0.3, -0.25) is 0 Å². The van der Waals surface area contributed by atoms with Crippen molar-refractivity contribution in [3.63, 3.8) is 0 Å². The minimum atomic E-state index is -3.47. The summed E-state index contributed by atoms with van der Waals surface area (Å²) in [5, 5.41) is 0. The molecule has 0 radical (unpaired) electrons. The summed E-state index contributed by atoms with van der Waals surface area (Å²) in [5.74, 6) is 0.372. The molecule has 0 fully saturated rings. The van der Waals surface area contributed by atoms with Crippen LogP contribution in [-0.2, 0) is 9.47 Å². The van der Waals surface area contributed by atoms with E-state index in [1.165, 1.54) is 0 Å². The Morgan fingerprint density at radius 3 is 1.43 bits per heavy atom. The van der Waals surface area contributed by atoms with Gasteiger partial charge in [-0.2, -0.15) is 0 Å². The molecule has 0 bridgehead atoms. The van der Waals surface area contributed by atoms with Crippen LogP contribution in [0.1, 0.15) is 35.1 Å². The van der Waals surface area contributed by atoms with E-state index < -0.39 is 6.29 Å². The van der Waals surface area contributed by atoms with Crippen LogP contribution < -0.4 is 0 Å². The molecule has 4 heteroatoms. The van der Waals surface area contributed by atoms with Gasteiger partial charge in [0, 0.05) is 11.8 Å². The van der Waals surface area contributed by atoms with Gasteiger partial charge in [0.2, 0.25) is 0 Å². The number of alkyl halides is 2. The van der Waals surface area contributed by atoms with Gasteiger partial charge in [-0.1, -0.05) is 35.1 Å². The van der Waals surface area contributed by atoms with Gasteiger partial charge < -0.3 is 9.47 Å². The predicted molar refractivity (Wildman–Crippen MR) is 50.6 cm³/mol. The molecule has 0 saturated heterocycles. The van der Waals surface area contributed by atoms with Gasteiger partial charge in [0.25, 0.3) is 0 Å². The van der Waals surface area contributed by atoms with Gasteiger partial charge in [-0.15, -0.1) is 8.78 Å². The standard InChI is InChI=1S/C9H14F2O2.CH4/c1-5(2)7-8(6(3)4)13-9(10,11)12-7;/h5-6H,1-4H3;1H4. The zero-order valence-electron chi connectivity index (χ0n) is 8.23. The normalized spacial score (nSPS) is 19.4. The van der Waals surface area contributed by atoms with Crippen LogP contribution in [0.4, 0.5) is 8.78 Å². The summed E-state index contributed by atoms with van der Waals surface area (Å²) >= 11 is 0. The molecule has 0 atom stereocenters. The molecule has 0 aromatic rings.